The van der Waals surface area contributed by atoms with Crippen LogP contribution < -0.4 is 10.2 Å². The Morgan fingerprint density at radius 1 is 1.19 bits per heavy atom. The van der Waals surface area contributed by atoms with Crippen molar-refractivity contribution in [1.29, 1.82) is 0 Å². The van der Waals surface area contributed by atoms with Crippen molar-refractivity contribution in [3.63, 3.8) is 0 Å². The number of benzene rings is 1. The quantitative estimate of drug-likeness (QED) is 0.691. The molecule has 26 heavy (non-hydrogen) atoms. The lowest BCUT2D eigenvalue weighted by atomic mass is 10.0. The summed E-state index contributed by atoms with van der Waals surface area (Å²) in [7, 11) is 0. The van der Waals surface area contributed by atoms with Crippen molar-refractivity contribution >= 4 is 49.8 Å². The molecular weight excluding hydrogens is 366 g/mol. The van der Waals surface area contributed by atoms with Crippen LogP contribution in [-0.2, 0) is 4.79 Å². The maximum Gasteiger partial charge on any atom is 0.262 e. The number of anilines is 1. The highest BCUT2D eigenvalue weighted by molar-refractivity contribution is 7.22. The molecule has 2 amide bonds. The predicted octanol–water partition coefficient (Wildman–Crippen LogP) is 4.17. The van der Waals surface area contributed by atoms with Crippen molar-refractivity contribution < 1.29 is 9.59 Å². The molecule has 0 aliphatic carbocycles. The molecule has 0 saturated heterocycles. The average molecular weight is 388 g/mol. The predicted molar refractivity (Wildman–Crippen MR) is 108 cm³/mol. The molecule has 3 rings (SSSR count). The van der Waals surface area contributed by atoms with Gasteiger partial charge in [-0.1, -0.05) is 43.4 Å². The topological polar surface area (TPSA) is 62.3 Å². The number of hydrogen-bond acceptors (Lipinski definition) is 5. The Kier molecular flexibility index (Phi) is 5.68. The highest BCUT2D eigenvalue weighted by atomic mass is 32.1. The number of hydrogen-bond donors (Lipinski definition) is 1. The first-order valence-corrected chi connectivity index (χ1v) is 10.2. The fraction of sp³-hybridized carbons (Fsp3) is 0.316. The number of para-hydroxylation sites is 1. The molecule has 0 radical (unpaired) electrons. The van der Waals surface area contributed by atoms with Gasteiger partial charge < -0.3 is 5.32 Å². The summed E-state index contributed by atoms with van der Waals surface area (Å²) in [6.45, 7) is 6.28. The van der Waals surface area contributed by atoms with Gasteiger partial charge in [-0.2, -0.15) is 0 Å². The summed E-state index contributed by atoms with van der Waals surface area (Å²) in [4.78, 5) is 32.5. The fourth-order valence-corrected chi connectivity index (χ4v) is 4.32. The largest absolute Gasteiger partial charge is 0.339 e. The van der Waals surface area contributed by atoms with Crippen LogP contribution >= 0.6 is 22.7 Å². The van der Waals surface area contributed by atoms with Crippen molar-refractivity contribution in [3.8, 4) is 0 Å². The molecule has 0 saturated carbocycles. The minimum Gasteiger partial charge on any atom is -0.339 e. The van der Waals surface area contributed by atoms with E-state index in [1.165, 1.54) is 22.7 Å². The van der Waals surface area contributed by atoms with E-state index in [0.29, 0.717) is 16.6 Å². The standard InChI is InChI=1S/C19H21N3O2S2/c1-4-22(19-20-13-8-5-6-9-14(13)26-19)18(24)16(12(2)3)21-17(23)15-10-7-11-25-15/h5-12,16H,4H2,1-3H3,(H,21,23). The SMILES string of the molecule is CCN(C(=O)C(NC(=O)c1cccs1)C(C)C)c1nc2ccccc2s1. The van der Waals surface area contributed by atoms with Gasteiger partial charge >= 0.3 is 0 Å². The van der Waals surface area contributed by atoms with Crippen LogP contribution in [0.5, 0.6) is 0 Å². The molecule has 1 atom stereocenters. The number of aromatic nitrogens is 1. The van der Waals surface area contributed by atoms with Crippen LogP contribution in [0.25, 0.3) is 10.2 Å². The number of rotatable bonds is 6. The van der Waals surface area contributed by atoms with E-state index in [4.69, 9.17) is 0 Å². The molecule has 1 unspecified atom stereocenters. The van der Waals surface area contributed by atoms with Crippen molar-refractivity contribution in [2.75, 3.05) is 11.4 Å². The molecule has 0 bridgehead atoms. The Balaban J connectivity index is 1.85. The number of nitrogens with zero attached hydrogens (tertiary/aromatic N) is 2. The third-order valence-electron chi connectivity index (χ3n) is 4.06. The molecule has 5 nitrogen and oxygen atoms in total. The lowest BCUT2D eigenvalue weighted by molar-refractivity contribution is -0.121. The molecule has 0 aliphatic heterocycles. The Bertz CT molecular complexity index is 870. The fourth-order valence-electron chi connectivity index (χ4n) is 2.66. The van der Waals surface area contributed by atoms with E-state index < -0.39 is 6.04 Å². The first-order valence-electron chi connectivity index (χ1n) is 8.52. The zero-order chi connectivity index (χ0) is 18.7. The van der Waals surface area contributed by atoms with E-state index in [9.17, 15) is 9.59 Å². The summed E-state index contributed by atoms with van der Waals surface area (Å²) >= 11 is 2.85. The first-order chi connectivity index (χ1) is 12.5. The number of thiazole rings is 1. The van der Waals surface area contributed by atoms with Crippen molar-refractivity contribution in [3.05, 3.63) is 46.7 Å². The molecule has 0 aliphatic rings. The number of carbonyl (C=O) groups is 2. The van der Waals surface area contributed by atoms with Gasteiger partial charge in [-0.3, -0.25) is 14.5 Å². The highest BCUT2D eigenvalue weighted by Crippen LogP contribution is 2.29. The van der Waals surface area contributed by atoms with Gasteiger partial charge in [-0.25, -0.2) is 4.98 Å². The smallest absolute Gasteiger partial charge is 0.262 e. The number of amides is 2. The summed E-state index contributed by atoms with van der Waals surface area (Å²) in [6.07, 6.45) is 0. The van der Waals surface area contributed by atoms with E-state index in [1.54, 1.807) is 11.0 Å². The van der Waals surface area contributed by atoms with Crippen LogP contribution in [0.1, 0.15) is 30.4 Å². The zero-order valence-corrected chi connectivity index (χ0v) is 16.6. The van der Waals surface area contributed by atoms with Gasteiger partial charge in [-0.05, 0) is 36.4 Å². The zero-order valence-electron chi connectivity index (χ0n) is 14.9. The van der Waals surface area contributed by atoms with Crippen molar-refractivity contribution in [2.24, 2.45) is 5.92 Å². The van der Waals surface area contributed by atoms with E-state index in [1.807, 2.05) is 56.5 Å². The molecule has 7 heteroatoms. The van der Waals surface area contributed by atoms with Gasteiger partial charge in [0.1, 0.15) is 6.04 Å². The number of fused-ring (bicyclic) bond motifs is 1. The summed E-state index contributed by atoms with van der Waals surface area (Å²) in [5, 5.41) is 5.40. The third-order valence-corrected chi connectivity index (χ3v) is 5.99. The minimum atomic E-state index is -0.600. The minimum absolute atomic E-state index is 0.0326. The molecule has 3 aromatic rings. The maximum atomic E-state index is 13.2. The van der Waals surface area contributed by atoms with Gasteiger partial charge in [0.2, 0.25) is 0 Å². The van der Waals surface area contributed by atoms with Crippen LogP contribution in [-0.4, -0.2) is 29.4 Å². The normalized spacial score (nSPS) is 12.3. The van der Waals surface area contributed by atoms with Gasteiger partial charge in [-0.15, -0.1) is 11.3 Å². The van der Waals surface area contributed by atoms with Crippen LogP contribution in [0.15, 0.2) is 41.8 Å². The molecule has 2 heterocycles. The van der Waals surface area contributed by atoms with E-state index in [0.717, 1.165) is 10.2 Å². The van der Waals surface area contributed by atoms with Gasteiger partial charge in [0.05, 0.1) is 15.1 Å². The van der Waals surface area contributed by atoms with E-state index in [-0.39, 0.29) is 17.7 Å². The summed E-state index contributed by atoms with van der Waals surface area (Å²) < 4.78 is 1.04. The molecule has 1 N–H and O–H groups in total. The van der Waals surface area contributed by atoms with E-state index >= 15 is 0 Å². The van der Waals surface area contributed by atoms with Gasteiger partial charge in [0.15, 0.2) is 5.13 Å². The number of thiophene rings is 1. The van der Waals surface area contributed by atoms with Gasteiger partial charge in [0, 0.05) is 6.54 Å². The van der Waals surface area contributed by atoms with Crippen LogP contribution in [0.4, 0.5) is 5.13 Å². The highest BCUT2D eigenvalue weighted by Gasteiger charge is 2.30. The molecule has 2 aromatic heterocycles. The monoisotopic (exact) mass is 387 g/mol. The summed E-state index contributed by atoms with van der Waals surface area (Å²) in [6, 6.07) is 10.8. The Labute approximate surface area is 160 Å². The summed E-state index contributed by atoms with van der Waals surface area (Å²) in [5.74, 6) is -0.381. The van der Waals surface area contributed by atoms with Crippen molar-refractivity contribution in [1.82, 2.24) is 10.3 Å². The maximum absolute atomic E-state index is 13.2. The Morgan fingerprint density at radius 3 is 2.58 bits per heavy atom. The second-order valence-electron chi connectivity index (χ2n) is 6.22. The number of likely N-dealkylation sites (N-methyl/N-ethyl adjacent to an activating group) is 1. The second kappa shape index (κ2) is 7.97. The molecule has 0 fully saturated rings. The lowest BCUT2D eigenvalue weighted by Crippen LogP contribution is -2.51. The third kappa shape index (κ3) is 3.78. The van der Waals surface area contributed by atoms with Crippen LogP contribution in [0.3, 0.4) is 0 Å². The Hall–Kier alpha value is -2.25. The molecule has 136 valence electrons. The van der Waals surface area contributed by atoms with Crippen LogP contribution in [0.2, 0.25) is 0 Å². The van der Waals surface area contributed by atoms with E-state index in [2.05, 4.69) is 10.3 Å². The van der Waals surface area contributed by atoms with Gasteiger partial charge in [0.25, 0.3) is 11.8 Å². The number of carbonyl (C=O) groups excluding carboxylic acids is 2. The number of nitrogens with one attached hydrogen (secondary N) is 1. The lowest BCUT2D eigenvalue weighted by Gasteiger charge is -2.27. The summed E-state index contributed by atoms with van der Waals surface area (Å²) in [5.41, 5.74) is 0.877. The average Bonchev–Trinajstić information content (AvgIpc) is 3.29. The van der Waals surface area contributed by atoms with Crippen LogP contribution in [0, 0.1) is 5.92 Å². The Morgan fingerprint density at radius 2 is 1.96 bits per heavy atom. The molecular formula is C19H21N3O2S2. The molecule has 1 aromatic carbocycles. The van der Waals surface area contributed by atoms with Crippen molar-refractivity contribution in [2.45, 2.75) is 26.8 Å². The first kappa shape index (κ1) is 18.5. The molecule has 0 spiro atoms. The second-order valence-corrected chi connectivity index (χ2v) is 8.18.